The van der Waals surface area contributed by atoms with Gasteiger partial charge in [-0.15, -0.1) is 5.10 Å². The molecule has 0 bridgehead atoms. The Morgan fingerprint density at radius 2 is 2.00 bits per heavy atom. The molecule has 2 rings (SSSR count). The second-order valence-corrected chi connectivity index (χ2v) is 3.97. The minimum Gasteiger partial charge on any atom is -0.461 e. The average molecular weight is 303 g/mol. The second kappa shape index (κ2) is 5.51. The number of carbonyl (C=O) groups is 1. The summed E-state index contributed by atoms with van der Waals surface area (Å²) in [5, 5.41) is 9.21. The zero-order valence-corrected chi connectivity index (χ0v) is 10.7. The first-order chi connectivity index (χ1) is 9.82. The van der Waals surface area contributed by atoms with Crippen molar-refractivity contribution in [2.24, 2.45) is 0 Å². The van der Waals surface area contributed by atoms with Crippen LogP contribution in [-0.4, -0.2) is 28.0 Å². The molecule has 0 aliphatic carbocycles. The SMILES string of the molecule is CCOC(=O)c1n[nH]nc1-c1cc(F)cc(C(F)(F)F)c1. The Hall–Kier alpha value is -2.45. The van der Waals surface area contributed by atoms with Gasteiger partial charge in [0.2, 0.25) is 0 Å². The summed E-state index contributed by atoms with van der Waals surface area (Å²) in [5.41, 5.74) is -1.93. The van der Waals surface area contributed by atoms with E-state index in [0.29, 0.717) is 12.1 Å². The van der Waals surface area contributed by atoms with Crippen molar-refractivity contribution in [3.63, 3.8) is 0 Å². The van der Waals surface area contributed by atoms with Gasteiger partial charge in [-0.3, -0.25) is 0 Å². The lowest BCUT2D eigenvalue weighted by Gasteiger charge is -2.08. The van der Waals surface area contributed by atoms with Gasteiger partial charge in [-0.1, -0.05) is 0 Å². The molecule has 0 aliphatic rings. The maximum absolute atomic E-state index is 13.4. The number of nitrogens with zero attached hydrogens (tertiary/aromatic N) is 2. The van der Waals surface area contributed by atoms with Crippen molar-refractivity contribution in [3.8, 4) is 11.3 Å². The molecule has 0 unspecified atom stereocenters. The zero-order chi connectivity index (χ0) is 15.6. The molecular weight excluding hydrogens is 294 g/mol. The highest BCUT2D eigenvalue weighted by atomic mass is 19.4. The Kier molecular flexibility index (Phi) is 3.92. The van der Waals surface area contributed by atoms with Crippen molar-refractivity contribution in [2.75, 3.05) is 6.61 Å². The van der Waals surface area contributed by atoms with Gasteiger partial charge in [-0.25, -0.2) is 9.18 Å². The highest BCUT2D eigenvalue weighted by Crippen LogP contribution is 2.33. The average Bonchev–Trinajstić information content (AvgIpc) is 2.86. The highest BCUT2D eigenvalue weighted by molar-refractivity contribution is 5.93. The normalized spacial score (nSPS) is 11.5. The standard InChI is InChI=1S/C12H9F4N3O2/c1-2-21-11(20)10-9(17-19-18-10)6-3-7(12(14,15)16)5-8(13)4-6/h3-5H,2H2,1H3,(H,17,18,19). The number of esters is 1. The maximum Gasteiger partial charge on any atom is 0.416 e. The van der Waals surface area contributed by atoms with Gasteiger partial charge in [0, 0.05) is 5.56 Å². The van der Waals surface area contributed by atoms with E-state index in [-0.39, 0.29) is 23.6 Å². The van der Waals surface area contributed by atoms with Gasteiger partial charge in [-0.05, 0) is 25.1 Å². The smallest absolute Gasteiger partial charge is 0.416 e. The van der Waals surface area contributed by atoms with E-state index >= 15 is 0 Å². The molecule has 1 N–H and O–H groups in total. The molecule has 0 radical (unpaired) electrons. The summed E-state index contributed by atoms with van der Waals surface area (Å²) in [6.07, 6.45) is -4.72. The number of hydrogen-bond donors (Lipinski definition) is 1. The molecule has 112 valence electrons. The molecule has 1 aromatic carbocycles. The molecule has 0 spiro atoms. The number of carbonyl (C=O) groups excluding carboxylic acids is 1. The van der Waals surface area contributed by atoms with E-state index in [0.717, 1.165) is 6.07 Å². The molecule has 9 heteroatoms. The number of halogens is 4. The third kappa shape index (κ3) is 3.18. The molecule has 0 aliphatic heterocycles. The van der Waals surface area contributed by atoms with E-state index in [1.807, 2.05) is 0 Å². The van der Waals surface area contributed by atoms with Crippen LogP contribution in [0.1, 0.15) is 23.0 Å². The van der Waals surface area contributed by atoms with E-state index in [2.05, 4.69) is 15.4 Å². The topological polar surface area (TPSA) is 67.9 Å². The van der Waals surface area contributed by atoms with Crippen LogP contribution in [0.25, 0.3) is 11.3 Å². The summed E-state index contributed by atoms with van der Waals surface area (Å²) in [6.45, 7) is 1.61. The molecule has 2 aromatic rings. The van der Waals surface area contributed by atoms with Crippen LogP contribution in [-0.2, 0) is 10.9 Å². The zero-order valence-electron chi connectivity index (χ0n) is 10.7. The Bertz CT molecular complexity index is 667. The largest absolute Gasteiger partial charge is 0.461 e. The van der Waals surface area contributed by atoms with E-state index in [1.165, 1.54) is 0 Å². The highest BCUT2D eigenvalue weighted by Gasteiger charge is 2.32. The number of aromatic amines is 1. The number of aromatic nitrogens is 3. The van der Waals surface area contributed by atoms with Crippen LogP contribution in [0.5, 0.6) is 0 Å². The molecule has 0 amide bonds. The van der Waals surface area contributed by atoms with Gasteiger partial charge in [-0.2, -0.15) is 23.5 Å². The van der Waals surface area contributed by atoms with Crippen LogP contribution in [0.2, 0.25) is 0 Å². The van der Waals surface area contributed by atoms with Crippen molar-refractivity contribution in [3.05, 3.63) is 35.3 Å². The first-order valence-electron chi connectivity index (χ1n) is 5.79. The van der Waals surface area contributed by atoms with Gasteiger partial charge >= 0.3 is 12.1 Å². The second-order valence-electron chi connectivity index (χ2n) is 3.97. The Morgan fingerprint density at radius 1 is 1.29 bits per heavy atom. The third-order valence-electron chi connectivity index (χ3n) is 2.52. The van der Waals surface area contributed by atoms with Gasteiger partial charge in [0.25, 0.3) is 0 Å². The first-order valence-corrected chi connectivity index (χ1v) is 5.79. The maximum atomic E-state index is 13.4. The molecule has 0 saturated heterocycles. The van der Waals surface area contributed by atoms with E-state index in [1.54, 1.807) is 6.92 Å². The molecule has 1 aromatic heterocycles. The predicted molar refractivity (Wildman–Crippen MR) is 62.7 cm³/mol. The fourth-order valence-corrected chi connectivity index (χ4v) is 1.66. The van der Waals surface area contributed by atoms with Crippen molar-refractivity contribution in [1.29, 1.82) is 0 Å². The lowest BCUT2D eigenvalue weighted by Crippen LogP contribution is -2.08. The Morgan fingerprint density at radius 3 is 2.62 bits per heavy atom. The van der Waals surface area contributed by atoms with Crippen molar-refractivity contribution in [1.82, 2.24) is 15.4 Å². The van der Waals surface area contributed by atoms with Gasteiger partial charge < -0.3 is 4.74 Å². The fourth-order valence-electron chi connectivity index (χ4n) is 1.66. The Labute approximate surface area is 115 Å². The predicted octanol–water partition coefficient (Wildman–Crippen LogP) is 2.81. The van der Waals surface area contributed by atoms with Crippen molar-refractivity contribution in [2.45, 2.75) is 13.1 Å². The van der Waals surface area contributed by atoms with Gasteiger partial charge in [0.05, 0.1) is 12.2 Å². The molecule has 1 heterocycles. The van der Waals surface area contributed by atoms with E-state index in [4.69, 9.17) is 4.74 Å². The number of H-pyrrole nitrogens is 1. The summed E-state index contributed by atoms with van der Waals surface area (Å²) < 4.78 is 56.1. The van der Waals surface area contributed by atoms with Crippen LogP contribution in [0, 0.1) is 5.82 Å². The number of benzene rings is 1. The first kappa shape index (κ1) is 14.9. The minimum atomic E-state index is -4.72. The summed E-state index contributed by atoms with van der Waals surface area (Å²) >= 11 is 0. The van der Waals surface area contributed by atoms with Crippen LogP contribution < -0.4 is 0 Å². The fraction of sp³-hybridized carbons (Fsp3) is 0.250. The summed E-state index contributed by atoms with van der Waals surface area (Å²) in [5.74, 6) is -1.96. The monoisotopic (exact) mass is 303 g/mol. The molecule has 0 saturated carbocycles. The molecule has 0 fully saturated rings. The van der Waals surface area contributed by atoms with Gasteiger partial charge in [0.1, 0.15) is 11.5 Å². The summed E-state index contributed by atoms with van der Waals surface area (Å²) in [7, 11) is 0. The quantitative estimate of drug-likeness (QED) is 0.699. The van der Waals surface area contributed by atoms with E-state index in [9.17, 15) is 22.4 Å². The molecular formula is C12H9F4N3O2. The summed E-state index contributed by atoms with van der Waals surface area (Å²) in [4.78, 5) is 11.6. The third-order valence-corrected chi connectivity index (χ3v) is 2.52. The number of ether oxygens (including phenoxy) is 1. The number of rotatable bonds is 3. The number of nitrogens with one attached hydrogen (secondary N) is 1. The van der Waals surface area contributed by atoms with E-state index < -0.39 is 23.5 Å². The lowest BCUT2D eigenvalue weighted by atomic mass is 10.1. The van der Waals surface area contributed by atoms with Crippen molar-refractivity contribution < 1.29 is 27.1 Å². The van der Waals surface area contributed by atoms with Crippen LogP contribution in [0.3, 0.4) is 0 Å². The molecule has 0 atom stereocenters. The van der Waals surface area contributed by atoms with Crippen LogP contribution in [0.15, 0.2) is 18.2 Å². The lowest BCUT2D eigenvalue weighted by molar-refractivity contribution is -0.137. The summed E-state index contributed by atoms with van der Waals surface area (Å²) in [6, 6.07) is 1.87. The van der Waals surface area contributed by atoms with Crippen LogP contribution in [0.4, 0.5) is 17.6 Å². The van der Waals surface area contributed by atoms with Crippen LogP contribution >= 0.6 is 0 Å². The number of alkyl halides is 3. The molecule has 21 heavy (non-hydrogen) atoms. The Balaban J connectivity index is 2.51. The van der Waals surface area contributed by atoms with Gasteiger partial charge in [0.15, 0.2) is 5.69 Å². The number of hydrogen-bond acceptors (Lipinski definition) is 4. The minimum absolute atomic E-state index is 0.0576. The molecule has 5 nitrogen and oxygen atoms in total. The van der Waals surface area contributed by atoms with Crippen molar-refractivity contribution >= 4 is 5.97 Å².